The van der Waals surface area contributed by atoms with E-state index in [0.717, 1.165) is 72.9 Å². The van der Waals surface area contributed by atoms with E-state index in [-0.39, 0.29) is 11.7 Å². The Morgan fingerprint density at radius 3 is 2.70 bits per heavy atom. The number of nitrogens with one attached hydrogen (secondary N) is 1. The summed E-state index contributed by atoms with van der Waals surface area (Å²) in [6, 6.07) is 8.45. The zero-order valence-corrected chi connectivity index (χ0v) is 19.6. The molecule has 164 valence electrons. The molecule has 33 heavy (non-hydrogen) atoms. The average molecular weight is 472 g/mol. The van der Waals surface area contributed by atoms with Crippen LogP contribution in [0.1, 0.15) is 52.1 Å². The third-order valence-corrected chi connectivity index (χ3v) is 8.31. The van der Waals surface area contributed by atoms with Gasteiger partial charge in [0.25, 0.3) is 0 Å². The number of fused-ring (bicyclic) bond motifs is 2. The summed E-state index contributed by atoms with van der Waals surface area (Å²) in [5, 5.41) is 23.7. The first-order valence-electron chi connectivity index (χ1n) is 11.0. The molecule has 0 saturated carbocycles. The number of anilines is 1. The van der Waals surface area contributed by atoms with Crippen molar-refractivity contribution in [3.05, 3.63) is 57.4 Å². The average Bonchev–Trinajstić information content (AvgIpc) is 3.43. The fourth-order valence-electron chi connectivity index (χ4n) is 4.66. The molecule has 0 saturated heterocycles. The lowest BCUT2D eigenvalue weighted by Crippen LogP contribution is -2.15. The van der Waals surface area contributed by atoms with Crippen molar-refractivity contribution in [3.63, 3.8) is 0 Å². The van der Waals surface area contributed by atoms with E-state index in [1.165, 1.54) is 28.0 Å². The molecule has 0 radical (unpaired) electrons. The third-order valence-electron chi connectivity index (χ3n) is 6.13. The second-order valence-corrected chi connectivity index (χ2v) is 10.2. The Balaban J connectivity index is 1.42. The largest absolute Gasteiger partial charge is 0.316 e. The summed E-state index contributed by atoms with van der Waals surface area (Å²) in [4.78, 5) is 23.0. The van der Waals surface area contributed by atoms with Gasteiger partial charge in [-0.25, -0.2) is 4.98 Å². The molecule has 2 aliphatic rings. The number of nitrogens with zero attached hydrogens (tertiary/aromatic N) is 4. The second kappa shape index (κ2) is 9.35. The minimum Gasteiger partial charge on any atom is -0.316 e. The molecule has 3 heterocycles. The maximum absolute atomic E-state index is 12.8. The Bertz CT molecular complexity index is 1320. The molecule has 8 heteroatoms. The Morgan fingerprint density at radius 2 is 1.91 bits per heavy atom. The van der Waals surface area contributed by atoms with E-state index in [2.05, 4.69) is 22.4 Å². The van der Waals surface area contributed by atoms with Gasteiger partial charge in [0.1, 0.15) is 22.2 Å². The molecule has 0 fully saturated rings. The van der Waals surface area contributed by atoms with Gasteiger partial charge in [0.05, 0.1) is 16.9 Å². The molecule has 0 aromatic carbocycles. The fraction of sp³-hybridized carbons (Fsp3) is 0.320. The van der Waals surface area contributed by atoms with E-state index in [0.29, 0.717) is 21.2 Å². The maximum atomic E-state index is 12.8. The molecule has 0 unspecified atom stereocenters. The minimum absolute atomic E-state index is 0.125. The number of amides is 1. The molecule has 3 aromatic rings. The highest BCUT2D eigenvalue weighted by Crippen LogP contribution is 2.40. The number of pyridine rings is 2. The van der Waals surface area contributed by atoms with Gasteiger partial charge in [-0.2, -0.15) is 10.5 Å². The van der Waals surface area contributed by atoms with Gasteiger partial charge in [0.2, 0.25) is 5.91 Å². The molecule has 1 N–H and O–H groups in total. The Hall–Kier alpha value is -3.20. The first kappa shape index (κ1) is 21.6. The zero-order chi connectivity index (χ0) is 22.8. The summed E-state index contributed by atoms with van der Waals surface area (Å²) in [5.74, 6) is -0.0665. The van der Waals surface area contributed by atoms with Gasteiger partial charge in [-0.1, -0.05) is 17.8 Å². The van der Waals surface area contributed by atoms with Gasteiger partial charge in [0, 0.05) is 34.1 Å². The summed E-state index contributed by atoms with van der Waals surface area (Å²) >= 11 is 2.79. The quantitative estimate of drug-likeness (QED) is 0.523. The highest BCUT2D eigenvalue weighted by atomic mass is 32.2. The van der Waals surface area contributed by atoms with E-state index in [1.807, 2.05) is 12.1 Å². The number of hydrogen-bond donors (Lipinski definition) is 1. The molecule has 6 nitrogen and oxygen atoms in total. The SMILES string of the molecule is N#Cc1c(NC(=O)CSc2nc3c(c(-c4cccnc4)c2C#N)CCCC3)sc2c1CCC2. The molecule has 1 amide bonds. The predicted octanol–water partition coefficient (Wildman–Crippen LogP) is 5.05. The van der Waals surface area contributed by atoms with Crippen molar-refractivity contribution in [2.24, 2.45) is 0 Å². The van der Waals surface area contributed by atoms with Crippen LogP contribution in [0.5, 0.6) is 0 Å². The summed E-state index contributed by atoms with van der Waals surface area (Å²) in [5.41, 5.74) is 6.17. The Morgan fingerprint density at radius 1 is 1.09 bits per heavy atom. The van der Waals surface area contributed by atoms with Crippen LogP contribution < -0.4 is 5.32 Å². The minimum atomic E-state index is -0.192. The first-order valence-corrected chi connectivity index (χ1v) is 12.8. The lowest BCUT2D eigenvalue weighted by Gasteiger charge is -2.21. The summed E-state index contributed by atoms with van der Waals surface area (Å²) in [6.45, 7) is 0. The van der Waals surface area contributed by atoms with Crippen molar-refractivity contribution in [1.82, 2.24) is 9.97 Å². The summed E-state index contributed by atoms with van der Waals surface area (Å²) in [6.07, 6.45) is 10.4. The monoisotopic (exact) mass is 471 g/mol. The van der Waals surface area contributed by atoms with Crippen LogP contribution in [0.2, 0.25) is 0 Å². The van der Waals surface area contributed by atoms with Gasteiger partial charge in [-0.3, -0.25) is 9.78 Å². The topological polar surface area (TPSA) is 102 Å². The van der Waals surface area contributed by atoms with Crippen molar-refractivity contribution < 1.29 is 4.79 Å². The fourth-order valence-corrected chi connectivity index (χ4v) is 6.73. The van der Waals surface area contributed by atoms with Crippen LogP contribution >= 0.6 is 23.1 Å². The van der Waals surface area contributed by atoms with Gasteiger partial charge < -0.3 is 5.32 Å². The molecule has 2 aliphatic carbocycles. The molecular weight excluding hydrogens is 450 g/mol. The zero-order valence-electron chi connectivity index (χ0n) is 18.0. The van der Waals surface area contributed by atoms with Gasteiger partial charge in [-0.15, -0.1) is 11.3 Å². The van der Waals surface area contributed by atoms with Crippen LogP contribution in [0.3, 0.4) is 0 Å². The summed E-state index contributed by atoms with van der Waals surface area (Å²) < 4.78 is 0. The molecule has 0 bridgehead atoms. The van der Waals surface area contributed by atoms with Crippen LogP contribution in [0.4, 0.5) is 5.00 Å². The highest BCUT2D eigenvalue weighted by Gasteiger charge is 2.25. The normalized spacial score (nSPS) is 14.1. The van der Waals surface area contributed by atoms with Crippen molar-refractivity contribution in [3.8, 4) is 23.3 Å². The number of thioether (sulfide) groups is 1. The van der Waals surface area contributed by atoms with Crippen LogP contribution in [-0.4, -0.2) is 21.6 Å². The van der Waals surface area contributed by atoms with E-state index >= 15 is 0 Å². The number of aromatic nitrogens is 2. The van der Waals surface area contributed by atoms with Crippen LogP contribution in [-0.2, 0) is 30.5 Å². The number of aryl methyl sites for hydroxylation is 2. The number of hydrogen-bond acceptors (Lipinski definition) is 7. The Kier molecular flexibility index (Phi) is 6.13. The van der Waals surface area contributed by atoms with E-state index in [1.54, 1.807) is 12.4 Å². The smallest absolute Gasteiger partial charge is 0.235 e. The van der Waals surface area contributed by atoms with Crippen LogP contribution in [0.25, 0.3) is 11.1 Å². The molecule has 0 atom stereocenters. The van der Waals surface area contributed by atoms with E-state index < -0.39 is 0 Å². The van der Waals surface area contributed by atoms with Crippen molar-refractivity contribution in [2.75, 3.05) is 11.1 Å². The van der Waals surface area contributed by atoms with Gasteiger partial charge >= 0.3 is 0 Å². The molecule has 5 rings (SSSR count). The van der Waals surface area contributed by atoms with E-state index in [4.69, 9.17) is 4.98 Å². The standard InChI is InChI=1S/C25H21N5OS2/c26-11-18-16-7-3-9-21(16)33-25(18)30-22(31)14-32-24-19(12-27)23(15-5-4-10-28-13-15)17-6-1-2-8-20(17)29-24/h4-5,10,13H,1-3,6-9,14H2,(H,30,31). The number of carbonyl (C=O) groups is 1. The Labute approximate surface area is 200 Å². The first-order chi connectivity index (χ1) is 16.2. The number of nitriles is 2. The number of thiophene rings is 1. The van der Waals surface area contributed by atoms with Crippen molar-refractivity contribution in [2.45, 2.75) is 50.0 Å². The van der Waals surface area contributed by atoms with Gasteiger partial charge in [0.15, 0.2) is 0 Å². The number of rotatable bonds is 5. The van der Waals surface area contributed by atoms with Crippen molar-refractivity contribution in [1.29, 1.82) is 10.5 Å². The highest BCUT2D eigenvalue weighted by molar-refractivity contribution is 8.00. The van der Waals surface area contributed by atoms with Crippen LogP contribution in [0, 0.1) is 22.7 Å². The number of carbonyl (C=O) groups excluding carboxylic acids is 1. The lowest BCUT2D eigenvalue weighted by atomic mass is 9.87. The van der Waals surface area contributed by atoms with Crippen LogP contribution in [0.15, 0.2) is 29.6 Å². The lowest BCUT2D eigenvalue weighted by molar-refractivity contribution is -0.113. The molecular formula is C25H21N5OS2. The van der Waals surface area contributed by atoms with E-state index in [9.17, 15) is 15.3 Å². The third kappa shape index (κ3) is 4.13. The molecule has 3 aromatic heterocycles. The molecule has 0 spiro atoms. The van der Waals surface area contributed by atoms with Gasteiger partial charge in [-0.05, 0) is 62.1 Å². The summed E-state index contributed by atoms with van der Waals surface area (Å²) in [7, 11) is 0. The van der Waals surface area contributed by atoms with Crippen molar-refractivity contribution >= 4 is 34.0 Å². The molecule has 0 aliphatic heterocycles. The predicted molar refractivity (Wildman–Crippen MR) is 129 cm³/mol. The second-order valence-electron chi connectivity index (χ2n) is 8.16. The maximum Gasteiger partial charge on any atom is 0.235 e.